The summed E-state index contributed by atoms with van der Waals surface area (Å²) in [6, 6.07) is 35.3. The predicted octanol–water partition coefficient (Wildman–Crippen LogP) is 7.30. The van der Waals surface area contributed by atoms with Gasteiger partial charge in [-0.05, 0) is 84.6 Å². The maximum absolute atomic E-state index is 12.9. The van der Waals surface area contributed by atoms with Crippen LogP contribution in [0.25, 0.3) is 22.3 Å². The average molecular weight is 539 g/mol. The maximum atomic E-state index is 12.9. The molecule has 0 aromatic heterocycles. The molecule has 0 aliphatic heterocycles. The molecule has 0 aliphatic rings. The molecule has 0 N–H and O–H groups in total. The average Bonchev–Trinajstić information content (AvgIpc) is 2.94. The van der Waals surface area contributed by atoms with E-state index >= 15 is 0 Å². The van der Waals surface area contributed by atoms with Gasteiger partial charge in [-0.2, -0.15) is 0 Å². The topological polar surface area (TPSA) is 68.3 Å². The molecule has 6 heteroatoms. The van der Waals surface area contributed by atoms with Crippen LogP contribution >= 0.6 is 0 Å². The molecule has 0 radical (unpaired) electrons. The summed E-state index contributed by atoms with van der Waals surface area (Å²) in [7, 11) is -7.15. The second kappa shape index (κ2) is 10.0. The van der Waals surface area contributed by atoms with E-state index in [1.807, 2.05) is 38.1 Å². The molecule has 0 atom stereocenters. The Morgan fingerprint density at radius 3 is 0.737 bits per heavy atom. The molecule has 0 heterocycles. The van der Waals surface area contributed by atoms with Gasteiger partial charge in [-0.25, -0.2) is 16.8 Å². The largest absolute Gasteiger partial charge is 0.219 e. The molecule has 0 fully saturated rings. The monoisotopic (exact) mass is 538 g/mol. The van der Waals surface area contributed by atoms with E-state index in [0.29, 0.717) is 0 Å². The number of hydrogen-bond donors (Lipinski definition) is 0. The third kappa shape index (κ3) is 5.05. The number of benzene rings is 5. The van der Waals surface area contributed by atoms with Crippen molar-refractivity contribution in [3.63, 3.8) is 0 Å². The van der Waals surface area contributed by atoms with Gasteiger partial charge in [-0.1, -0.05) is 83.9 Å². The van der Waals surface area contributed by atoms with Crippen molar-refractivity contribution in [2.75, 3.05) is 0 Å². The lowest BCUT2D eigenvalue weighted by Gasteiger charge is -2.09. The van der Waals surface area contributed by atoms with E-state index in [1.165, 1.54) is 0 Å². The quantitative estimate of drug-likeness (QED) is 0.227. The fraction of sp³-hybridized carbons (Fsp3) is 0.0625. The second-order valence-electron chi connectivity index (χ2n) is 9.26. The first kappa shape index (κ1) is 25.6. The van der Waals surface area contributed by atoms with Crippen molar-refractivity contribution in [2.24, 2.45) is 0 Å². The van der Waals surface area contributed by atoms with Gasteiger partial charge in [0.15, 0.2) is 0 Å². The molecule has 0 aliphatic carbocycles. The molecule has 190 valence electrons. The highest BCUT2D eigenvalue weighted by atomic mass is 32.2. The zero-order valence-electron chi connectivity index (χ0n) is 21.0. The van der Waals surface area contributed by atoms with Crippen molar-refractivity contribution in [2.45, 2.75) is 33.4 Å². The molecule has 0 saturated heterocycles. The zero-order valence-corrected chi connectivity index (χ0v) is 22.6. The molecule has 0 saturated carbocycles. The van der Waals surface area contributed by atoms with E-state index in [-0.39, 0.29) is 19.6 Å². The number of rotatable bonds is 6. The van der Waals surface area contributed by atoms with Crippen molar-refractivity contribution in [3.8, 4) is 22.3 Å². The first-order valence-corrected chi connectivity index (χ1v) is 15.1. The first-order valence-electron chi connectivity index (χ1n) is 12.1. The van der Waals surface area contributed by atoms with Gasteiger partial charge in [0, 0.05) is 0 Å². The minimum Gasteiger partial charge on any atom is -0.219 e. The Morgan fingerprint density at radius 1 is 0.316 bits per heavy atom. The van der Waals surface area contributed by atoms with Crippen molar-refractivity contribution in [1.29, 1.82) is 0 Å². The smallest absolute Gasteiger partial charge is 0.206 e. The summed E-state index contributed by atoms with van der Waals surface area (Å²) in [4.78, 5) is 1.06. The first-order chi connectivity index (χ1) is 18.1. The molecule has 0 amide bonds. The summed E-state index contributed by atoms with van der Waals surface area (Å²) in [6.07, 6.45) is 0. The van der Waals surface area contributed by atoms with Crippen LogP contribution in [0.1, 0.15) is 11.1 Å². The standard InChI is InChI=1S/C32H26O4S2/c1-23-3-15-29(16-4-23)37(33,34)31-19-11-27(12-20-31)25-7-9-26(10-8-25)28-13-21-32(22-14-28)38(35,36)30-17-5-24(2)6-18-30/h3-22H,1-2H3. The Labute approximate surface area is 224 Å². The molecular weight excluding hydrogens is 512 g/mol. The van der Waals surface area contributed by atoms with Gasteiger partial charge in [0.25, 0.3) is 0 Å². The summed E-state index contributed by atoms with van der Waals surface area (Å²) in [5.74, 6) is 0. The lowest BCUT2D eigenvalue weighted by atomic mass is 10.0. The summed E-state index contributed by atoms with van der Waals surface area (Å²) in [6.45, 7) is 3.84. The Balaban J connectivity index is 1.34. The number of aryl methyl sites for hydroxylation is 2. The Morgan fingerprint density at radius 2 is 0.500 bits per heavy atom. The molecule has 5 rings (SSSR count). The van der Waals surface area contributed by atoms with Crippen LogP contribution in [-0.4, -0.2) is 16.8 Å². The van der Waals surface area contributed by atoms with Crippen molar-refractivity contribution < 1.29 is 16.8 Å². The maximum Gasteiger partial charge on any atom is 0.206 e. The van der Waals surface area contributed by atoms with E-state index < -0.39 is 19.7 Å². The van der Waals surface area contributed by atoms with E-state index in [9.17, 15) is 16.8 Å². The summed E-state index contributed by atoms with van der Waals surface area (Å²) in [5, 5.41) is 0. The van der Waals surface area contributed by atoms with Crippen molar-refractivity contribution >= 4 is 19.7 Å². The van der Waals surface area contributed by atoms with Crippen LogP contribution < -0.4 is 0 Å². The fourth-order valence-electron chi connectivity index (χ4n) is 4.22. The molecule has 0 unspecified atom stereocenters. The van der Waals surface area contributed by atoms with E-state index in [0.717, 1.165) is 33.4 Å². The van der Waals surface area contributed by atoms with E-state index in [2.05, 4.69) is 0 Å². The third-order valence-corrected chi connectivity index (χ3v) is 10.1. The number of sulfone groups is 2. The van der Waals surface area contributed by atoms with Gasteiger partial charge >= 0.3 is 0 Å². The zero-order chi connectivity index (χ0) is 26.9. The van der Waals surface area contributed by atoms with Gasteiger partial charge in [0.2, 0.25) is 19.7 Å². The highest BCUT2D eigenvalue weighted by Gasteiger charge is 2.18. The van der Waals surface area contributed by atoms with Crippen LogP contribution in [0, 0.1) is 13.8 Å². The molecule has 0 bridgehead atoms. The molecule has 0 spiro atoms. The van der Waals surface area contributed by atoms with Crippen molar-refractivity contribution in [3.05, 3.63) is 132 Å². The van der Waals surface area contributed by atoms with Gasteiger partial charge in [-0.15, -0.1) is 0 Å². The van der Waals surface area contributed by atoms with Crippen LogP contribution in [0.2, 0.25) is 0 Å². The lowest BCUT2D eigenvalue weighted by molar-refractivity contribution is 0.594. The highest BCUT2D eigenvalue weighted by Crippen LogP contribution is 2.29. The van der Waals surface area contributed by atoms with Crippen LogP contribution in [0.15, 0.2) is 141 Å². The third-order valence-electron chi connectivity index (χ3n) is 6.54. The summed E-state index contributed by atoms with van der Waals surface area (Å²) >= 11 is 0. The molecule has 5 aromatic rings. The van der Waals surface area contributed by atoms with Crippen molar-refractivity contribution in [1.82, 2.24) is 0 Å². The van der Waals surface area contributed by atoms with Gasteiger partial charge in [-0.3, -0.25) is 0 Å². The Kier molecular flexibility index (Phi) is 6.78. The highest BCUT2D eigenvalue weighted by molar-refractivity contribution is 7.91. The molecule has 4 nitrogen and oxygen atoms in total. The summed E-state index contributed by atoms with van der Waals surface area (Å²) in [5.41, 5.74) is 5.72. The predicted molar refractivity (Wildman–Crippen MR) is 151 cm³/mol. The fourth-order valence-corrected chi connectivity index (χ4v) is 6.74. The molecule has 38 heavy (non-hydrogen) atoms. The summed E-state index contributed by atoms with van der Waals surface area (Å²) < 4.78 is 51.7. The van der Waals surface area contributed by atoms with Crippen LogP contribution in [0.3, 0.4) is 0 Å². The van der Waals surface area contributed by atoms with Gasteiger partial charge in [0.1, 0.15) is 0 Å². The van der Waals surface area contributed by atoms with Crippen LogP contribution in [-0.2, 0) is 19.7 Å². The lowest BCUT2D eigenvalue weighted by Crippen LogP contribution is -2.01. The Hall–Kier alpha value is -4.00. The van der Waals surface area contributed by atoms with Crippen LogP contribution in [0.5, 0.6) is 0 Å². The van der Waals surface area contributed by atoms with Gasteiger partial charge in [0.05, 0.1) is 19.6 Å². The van der Waals surface area contributed by atoms with Gasteiger partial charge < -0.3 is 0 Å². The SMILES string of the molecule is Cc1ccc(S(=O)(=O)c2ccc(-c3ccc(-c4ccc(S(=O)(=O)c5ccc(C)cc5)cc4)cc3)cc2)cc1. The second-order valence-corrected chi connectivity index (χ2v) is 13.2. The van der Waals surface area contributed by atoms with Crippen LogP contribution in [0.4, 0.5) is 0 Å². The minimum absolute atomic E-state index is 0.252. The normalized spacial score (nSPS) is 11.8. The number of hydrogen-bond acceptors (Lipinski definition) is 4. The molecule has 5 aromatic carbocycles. The van der Waals surface area contributed by atoms with E-state index in [4.69, 9.17) is 0 Å². The van der Waals surface area contributed by atoms with E-state index in [1.54, 1.807) is 97.1 Å². The Bertz CT molecular complexity index is 1650. The molecular formula is C32H26O4S2. The minimum atomic E-state index is -3.57.